The zero-order valence-electron chi connectivity index (χ0n) is 10.6. The first-order valence-corrected chi connectivity index (χ1v) is 6.77. The number of rotatable bonds is 2. The number of halogens is 2. The van der Waals surface area contributed by atoms with Crippen molar-refractivity contribution >= 4 is 38.7 Å². The Labute approximate surface area is 122 Å². The molecule has 0 saturated heterocycles. The molecule has 0 fully saturated rings. The summed E-state index contributed by atoms with van der Waals surface area (Å²) in [6.07, 6.45) is 3.14. The molecule has 0 aliphatic rings. The number of nitrogens with two attached hydrogens (primary N) is 1. The van der Waals surface area contributed by atoms with Gasteiger partial charge in [-0.25, -0.2) is 8.78 Å². The number of amides is 1. The number of nitrogen functional groups attached to an aromatic ring is 1. The van der Waals surface area contributed by atoms with Crippen molar-refractivity contribution in [1.82, 2.24) is 4.98 Å². The molecule has 3 rings (SSSR count). The van der Waals surface area contributed by atoms with E-state index >= 15 is 0 Å². The second-order valence-electron chi connectivity index (χ2n) is 4.27. The van der Waals surface area contributed by atoms with E-state index in [-0.39, 0.29) is 10.6 Å². The van der Waals surface area contributed by atoms with Crippen LogP contribution in [0.15, 0.2) is 36.7 Å². The Hall–Kier alpha value is -2.54. The van der Waals surface area contributed by atoms with E-state index in [1.807, 2.05) is 0 Å². The Balaban J connectivity index is 2.00. The van der Waals surface area contributed by atoms with Crippen LogP contribution in [0.5, 0.6) is 0 Å². The van der Waals surface area contributed by atoms with E-state index in [1.165, 1.54) is 6.07 Å². The molecule has 2 heterocycles. The summed E-state index contributed by atoms with van der Waals surface area (Å²) in [4.78, 5) is 16.3. The van der Waals surface area contributed by atoms with Crippen molar-refractivity contribution in [1.29, 1.82) is 0 Å². The Morgan fingerprint density at radius 2 is 1.95 bits per heavy atom. The van der Waals surface area contributed by atoms with Gasteiger partial charge in [0.15, 0.2) is 0 Å². The Bertz CT molecular complexity index is 827. The molecule has 21 heavy (non-hydrogen) atoms. The lowest BCUT2D eigenvalue weighted by atomic mass is 10.2. The Morgan fingerprint density at radius 1 is 1.24 bits per heavy atom. The number of nitrogens with one attached hydrogen (secondary N) is 1. The van der Waals surface area contributed by atoms with Gasteiger partial charge < -0.3 is 11.1 Å². The molecule has 0 saturated carbocycles. The largest absolute Gasteiger partial charge is 0.397 e. The number of anilines is 2. The van der Waals surface area contributed by atoms with Gasteiger partial charge in [0.05, 0.1) is 10.4 Å². The van der Waals surface area contributed by atoms with Gasteiger partial charge in [0.2, 0.25) is 0 Å². The van der Waals surface area contributed by atoms with Crippen LogP contribution in [0.3, 0.4) is 0 Å². The van der Waals surface area contributed by atoms with Crippen molar-refractivity contribution in [2.75, 3.05) is 11.1 Å². The summed E-state index contributed by atoms with van der Waals surface area (Å²) in [7, 11) is 0. The van der Waals surface area contributed by atoms with Crippen LogP contribution in [0.4, 0.5) is 20.2 Å². The number of pyridine rings is 1. The van der Waals surface area contributed by atoms with Crippen LogP contribution in [-0.4, -0.2) is 10.9 Å². The minimum atomic E-state index is -0.843. The van der Waals surface area contributed by atoms with E-state index in [2.05, 4.69) is 10.3 Å². The number of carbonyl (C=O) groups excluding carboxylic acids is 1. The zero-order valence-corrected chi connectivity index (χ0v) is 11.4. The monoisotopic (exact) mass is 305 g/mol. The summed E-state index contributed by atoms with van der Waals surface area (Å²) < 4.78 is 27.8. The predicted molar refractivity (Wildman–Crippen MR) is 78.3 cm³/mol. The molecule has 1 amide bonds. The fourth-order valence-corrected chi connectivity index (χ4v) is 2.91. The van der Waals surface area contributed by atoms with Gasteiger partial charge in [0.25, 0.3) is 5.91 Å². The maximum absolute atomic E-state index is 13.5. The minimum absolute atomic E-state index is 0.195. The molecule has 1 aromatic carbocycles. The van der Waals surface area contributed by atoms with Gasteiger partial charge in [-0.3, -0.25) is 9.78 Å². The summed E-state index contributed by atoms with van der Waals surface area (Å²) in [5, 5.41) is 2.91. The molecule has 7 heteroatoms. The zero-order chi connectivity index (χ0) is 15.0. The molecule has 0 radical (unpaired) electrons. The SMILES string of the molecule is Nc1c(C(=O)Nc2c(F)cccc2F)sc2cnccc12. The topological polar surface area (TPSA) is 68.0 Å². The van der Waals surface area contributed by atoms with Gasteiger partial charge in [0.1, 0.15) is 22.2 Å². The molecule has 0 aliphatic heterocycles. The highest BCUT2D eigenvalue weighted by Crippen LogP contribution is 2.33. The van der Waals surface area contributed by atoms with Gasteiger partial charge in [-0.15, -0.1) is 11.3 Å². The number of hydrogen-bond acceptors (Lipinski definition) is 4. The van der Waals surface area contributed by atoms with Crippen LogP contribution >= 0.6 is 11.3 Å². The van der Waals surface area contributed by atoms with E-state index in [9.17, 15) is 13.6 Å². The summed E-state index contributed by atoms with van der Waals surface area (Å²) in [6.45, 7) is 0. The van der Waals surface area contributed by atoms with Gasteiger partial charge >= 0.3 is 0 Å². The highest BCUT2D eigenvalue weighted by molar-refractivity contribution is 7.21. The number of aromatic nitrogens is 1. The molecule has 0 aliphatic carbocycles. The third-order valence-corrected chi connectivity index (χ3v) is 4.09. The predicted octanol–water partition coefficient (Wildman–Crippen LogP) is 3.41. The van der Waals surface area contributed by atoms with Crippen LogP contribution in [0.1, 0.15) is 9.67 Å². The van der Waals surface area contributed by atoms with Crippen molar-refractivity contribution in [3.05, 3.63) is 53.2 Å². The van der Waals surface area contributed by atoms with Crippen molar-refractivity contribution in [3.63, 3.8) is 0 Å². The van der Waals surface area contributed by atoms with Crippen molar-refractivity contribution in [2.24, 2.45) is 0 Å². The number of nitrogens with zero attached hydrogens (tertiary/aromatic N) is 1. The third kappa shape index (κ3) is 2.31. The Morgan fingerprint density at radius 3 is 2.62 bits per heavy atom. The minimum Gasteiger partial charge on any atom is -0.397 e. The van der Waals surface area contributed by atoms with E-state index in [0.29, 0.717) is 5.39 Å². The number of benzene rings is 1. The fourth-order valence-electron chi connectivity index (χ4n) is 1.93. The number of carbonyl (C=O) groups is 1. The maximum atomic E-state index is 13.5. The molecular formula is C14H9F2N3OS. The van der Waals surface area contributed by atoms with Crippen molar-refractivity contribution in [3.8, 4) is 0 Å². The van der Waals surface area contributed by atoms with Gasteiger partial charge in [0, 0.05) is 17.8 Å². The first-order valence-electron chi connectivity index (χ1n) is 5.95. The molecule has 0 atom stereocenters. The first kappa shape index (κ1) is 13.4. The number of thiophene rings is 1. The molecule has 3 N–H and O–H groups in total. The summed E-state index contributed by atoms with van der Waals surface area (Å²) in [5.41, 5.74) is 5.69. The lowest BCUT2D eigenvalue weighted by Gasteiger charge is -2.06. The summed E-state index contributed by atoms with van der Waals surface area (Å²) >= 11 is 1.12. The molecule has 4 nitrogen and oxygen atoms in total. The second kappa shape index (κ2) is 5.10. The number of hydrogen-bond donors (Lipinski definition) is 2. The highest BCUT2D eigenvalue weighted by Gasteiger charge is 2.19. The van der Waals surface area contributed by atoms with E-state index < -0.39 is 23.2 Å². The number of fused-ring (bicyclic) bond motifs is 1. The van der Waals surface area contributed by atoms with Crippen LogP contribution in [0, 0.1) is 11.6 Å². The molecular weight excluding hydrogens is 296 g/mol. The summed E-state index contributed by atoms with van der Waals surface area (Å²) in [5.74, 6) is -2.34. The van der Waals surface area contributed by atoms with Crippen molar-refractivity contribution in [2.45, 2.75) is 0 Å². The normalized spacial score (nSPS) is 10.8. The molecule has 3 aromatic rings. The molecule has 0 spiro atoms. The average molecular weight is 305 g/mol. The lowest BCUT2D eigenvalue weighted by molar-refractivity contribution is 0.103. The molecule has 0 bridgehead atoms. The number of para-hydroxylation sites is 1. The van der Waals surface area contributed by atoms with E-state index in [1.54, 1.807) is 18.5 Å². The molecule has 2 aromatic heterocycles. The van der Waals surface area contributed by atoms with Crippen LogP contribution in [0.2, 0.25) is 0 Å². The molecule has 0 unspecified atom stereocenters. The smallest absolute Gasteiger partial charge is 0.268 e. The standard InChI is InChI=1S/C14H9F2N3OS/c15-8-2-1-3-9(16)12(8)19-14(20)13-11(17)7-4-5-18-6-10(7)21-13/h1-6H,17H2,(H,19,20). The lowest BCUT2D eigenvalue weighted by Crippen LogP contribution is -2.14. The van der Waals surface area contributed by atoms with Crippen LogP contribution in [0.25, 0.3) is 10.1 Å². The fraction of sp³-hybridized carbons (Fsp3) is 0. The van der Waals surface area contributed by atoms with Crippen molar-refractivity contribution < 1.29 is 13.6 Å². The van der Waals surface area contributed by atoms with Gasteiger partial charge in [-0.05, 0) is 18.2 Å². The van der Waals surface area contributed by atoms with Gasteiger partial charge in [-0.1, -0.05) is 6.07 Å². The van der Waals surface area contributed by atoms with Crippen LogP contribution in [-0.2, 0) is 0 Å². The molecule has 106 valence electrons. The highest BCUT2D eigenvalue weighted by atomic mass is 32.1. The summed E-state index contributed by atoms with van der Waals surface area (Å²) in [6, 6.07) is 5.04. The quantitative estimate of drug-likeness (QED) is 0.762. The van der Waals surface area contributed by atoms with Gasteiger partial charge in [-0.2, -0.15) is 0 Å². The average Bonchev–Trinajstić information content (AvgIpc) is 2.81. The Kier molecular flexibility index (Phi) is 3.26. The first-order chi connectivity index (χ1) is 10.1. The van der Waals surface area contributed by atoms with E-state index in [0.717, 1.165) is 28.2 Å². The van der Waals surface area contributed by atoms with Crippen LogP contribution < -0.4 is 11.1 Å². The maximum Gasteiger partial charge on any atom is 0.268 e. The second-order valence-corrected chi connectivity index (χ2v) is 5.32. The third-order valence-electron chi connectivity index (χ3n) is 2.94. The van der Waals surface area contributed by atoms with E-state index in [4.69, 9.17) is 5.73 Å².